The molecule has 2 aromatic heterocycles. The van der Waals surface area contributed by atoms with Gasteiger partial charge in [0.2, 0.25) is 11.5 Å². The second kappa shape index (κ2) is 6.42. The minimum absolute atomic E-state index is 0.145. The maximum Gasteiger partial charge on any atom is 0.297 e. The molecule has 26 heavy (non-hydrogen) atoms. The lowest BCUT2D eigenvalue weighted by Gasteiger charge is -2.08. The van der Waals surface area contributed by atoms with Gasteiger partial charge in [0.1, 0.15) is 17.6 Å². The number of halogens is 1. The van der Waals surface area contributed by atoms with Gasteiger partial charge in [-0.25, -0.2) is 4.98 Å². The smallest absolute Gasteiger partial charge is 0.297 e. The number of carbonyl (C=O) groups is 1. The Morgan fingerprint density at radius 3 is 2.88 bits per heavy atom. The standard InChI is InChI=1S/C19H14BrN3O3/c1-11-8-12(6-7-14(11)20)22-16(24)9-23-10-21-17-13-4-2-3-5-15(13)26-18(17)19(23)25/h2-8,10H,9H2,1H3,(H,22,24). The van der Waals surface area contributed by atoms with E-state index < -0.39 is 0 Å². The van der Waals surface area contributed by atoms with Crippen LogP contribution in [0.1, 0.15) is 5.56 Å². The zero-order valence-electron chi connectivity index (χ0n) is 13.8. The van der Waals surface area contributed by atoms with Gasteiger partial charge in [-0.3, -0.25) is 14.2 Å². The van der Waals surface area contributed by atoms with Crippen LogP contribution in [-0.2, 0) is 11.3 Å². The molecule has 0 aliphatic rings. The van der Waals surface area contributed by atoms with E-state index in [1.807, 2.05) is 37.3 Å². The van der Waals surface area contributed by atoms with E-state index in [9.17, 15) is 9.59 Å². The van der Waals surface area contributed by atoms with E-state index >= 15 is 0 Å². The summed E-state index contributed by atoms with van der Waals surface area (Å²) < 4.78 is 7.83. The molecular formula is C19H14BrN3O3. The predicted octanol–water partition coefficient (Wildman–Crippen LogP) is 3.85. The van der Waals surface area contributed by atoms with Gasteiger partial charge >= 0.3 is 0 Å². The van der Waals surface area contributed by atoms with Crippen molar-refractivity contribution in [3.8, 4) is 0 Å². The molecule has 4 rings (SSSR count). The molecule has 130 valence electrons. The van der Waals surface area contributed by atoms with Crippen molar-refractivity contribution in [2.75, 3.05) is 5.32 Å². The van der Waals surface area contributed by atoms with E-state index in [1.54, 1.807) is 12.1 Å². The normalized spacial score (nSPS) is 11.2. The Labute approximate surface area is 156 Å². The average molecular weight is 412 g/mol. The van der Waals surface area contributed by atoms with Gasteiger partial charge in [-0.15, -0.1) is 0 Å². The van der Waals surface area contributed by atoms with E-state index in [0.29, 0.717) is 16.8 Å². The van der Waals surface area contributed by atoms with Crippen molar-refractivity contribution in [1.29, 1.82) is 0 Å². The summed E-state index contributed by atoms with van der Waals surface area (Å²) in [6.07, 6.45) is 1.37. The fourth-order valence-corrected chi connectivity index (χ4v) is 3.05. The number of carbonyl (C=O) groups excluding carboxylic acids is 1. The number of hydrogen-bond acceptors (Lipinski definition) is 4. The maximum atomic E-state index is 12.6. The number of rotatable bonds is 3. The third-order valence-corrected chi connectivity index (χ3v) is 5.00. The number of aromatic nitrogens is 2. The number of para-hydroxylation sites is 1. The van der Waals surface area contributed by atoms with Crippen LogP contribution in [0, 0.1) is 6.92 Å². The molecule has 4 aromatic rings. The maximum absolute atomic E-state index is 12.6. The Balaban J connectivity index is 1.63. The monoisotopic (exact) mass is 411 g/mol. The third kappa shape index (κ3) is 2.90. The molecule has 0 aliphatic carbocycles. The van der Waals surface area contributed by atoms with Crippen LogP contribution in [0.3, 0.4) is 0 Å². The lowest BCUT2D eigenvalue weighted by molar-refractivity contribution is -0.116. The van der Waals surface area contributed by atoms with Gasteiger partial charge < -0.3 is 9.73 Å². The number of aryl methyl sites for hydroxylation is 1. The molecule has 0 spiro atoms. The van der Waals surface area contributed by atoms with Crippen molar-refractivity contribution < 1.29 is 9.21 Å². The van der Waals surface area contributed by atoms with Gasteiger partial charge in [0.25, 0.3) is 5.56 Å². The number of benzene rings is 2. The molecule has 0 aliphatic heterocycles. The van der Waals surface area contributed by atoms with Crippen LogP contribution in [0.4, 0.5) is 5.69 Å². The number of anilines is 1. The number of furan rings is 1. The summed E-state index contributed by atoms with van der Waals surface area (Å²) in [7, 11) is 0. The van der Waals surface area contributed by atoms with Crippen LogP contribution in [0.5, 0.6) is 0 Å². The third-order valence-electron chi connectivity index (χ3n) is 4.11. The summed E-state index contributed by atoms with van der Waals surface area (Å²) >= 11 is 3.42. The molecule has 2 aromatic carbocycles. The molecule has 0 atom stereocenters. The first kappa shape index (κ1) is 16.5. The fourth-order valence-electron chi connectivity index (χ4n) is 2.81. The second-order valence-electron chi connectivity index (χ2n) is 5.97. The number of fused-ring (bicyclic) bond motifs is 3. The lowest BCUT2D eigenvalue weighted by Crippen LogP contribution is -2.27. The average Bonchev–Trinajstić information content (AvgIpc) is 3.00. The largest absolute Gasteiger partial charge is 0.448 e. The molecule has 0 unspecified atom stereocenters. The Morgan fingerprint density at radius 2 is 2.08 bits per heavy atom. The highest BCUT2D eigenvalue weighted by Crippen LogP contribution is 2.24. The molecule has 0 saturated carbocycles. The van der Waals surface area contributed by atoms with Gasteiger partial charge in [-0.2, -0.15) is 0 Å². The summed E-state index contributed by atoms with van der Waals surface area (Å²) in [5.74, 6) is -0.314. The van der Waals surface area contributed by atoms with Crippen molar-refractivity contribution >= 4 is 49.6 Å². The van der Waals surface area contributed by atoms with Crippen LogP contribution < -0.4 is 10.9 Å². The molecule has 6 nitrogen and oxygen atoms in total. The minimum atomic E-state index is -0.381. The Hall–Kier alpha value is -2.93. The predicted molar refractivity (Wildman–Crippen MR) is 103 cm³/mol. The van der Waals surface area contributed by atoms with Gasteiger partial charge in [0, 0.05) is 15.5 Å². The van der Waals surface area contributed by atoms with Gasteiger partial charge in [-0.05, 0) is 42.8 Å². The summed E-state index contributed by atoms with van der Waals surface area (Å²) in [6.45, 7) is 1.79. The zero-order chi connectivity index (χ0) is 18.3. The summed E-state index contributed by atoms with van der Waals surface area (Å²) in [5, 5.41) is 3.56. The number of hydrogen-bond donors (Lipinski definition) is 1. The van der Waals surface area contributed by atoms with E-state index in [2.05, 4.69) is 26.2 Å². The molecule has 0 bridgehead atoms. The first-order valence-corrected chi connectivity index (χ1v) is 8.75. The topological polar surface area (TPSA) is 77.1 Å². The van der Waals surface area contributed by atoms with Crippen LogP contribution >= 0.6 is 15.9 Å². The lowest BCUT2D eigenvalue weighted by atomic mass is 10.2. The van der Waals surface area contributed by atoms with E-state index in [4.69, 9.17) is 4.42 Å². The van der Waals surface area contributed by atoms with Crippen molar-refractivity contribution in [3.63, 3.8) is 0 Å². The highest BCUT2D eigenvalue weighted by atomic mass is 79.9. The molecule has 0 radical (unpaired) electrons. The van der Waals surface area contributed by atoms with E-state index in [0.717, 1.165) is 15.4 Å². The molecule has 2 heterocycles. The Bertz CT molecular complexity index is 1210. The van der Waals surface area contributed by atoms with Gasteiger partial charge in [0.05, 0.1) is 6.33 Å². The highest BCUT2D eigenvalue weighted by Gasteiger charge is 2.14. The van der Waals surface area contributed by atoms with Crippen LogP contribution in [0.15, 0.2) is 62.5 Å². The van der Waals surface area contributed by atoms with Crippen molar-refractivity contribution in [2.24, 2.45) is 0 Å². The molecular weight excluding hydrogens is 398 g/mol. The van der Waals surface area contributed by atoms with E-state index in [-0.39, 0.29) is 23.6 Å². The zero-order valence-corrected chi connectivity index (χ0v) is 15.4. The Morgan fingerprint density at radius 1 is 1.27 bits per heavy atom. The van der Waals surface area contributed by atoms with Crippen molar-refractivity contribution in [1.82, 2.24) is 9.55 Å². The molecule has 0 fully saturated rings. The number of nitrogens with one attached hydrogen (secondary N) is 1. The van der Waals surface area contributed by atoms with E-state index in [1.165, 1.54) is 10.9 Å². The highest BCUT2D eigenvalue weighted by molar-refractivity contribution is 9.10. The summed E-state index contributed by atoms with van der Waals surface area (Å²) in [5.41, 5.74) is 2.55. The van der Waals surface area contributed by atoms with Crippen LogP contribution in [-0.4, -0.2) is 15.5 Å². The SMILES string of the molecule is Cc1cc(NC(=O)Cn2cnc3c(oc4ccccc43)c2=O)ccc1Br. The molecule has 1 N–H and O–H groups in total. The summed E-state index contributed by atoms with van der Waals surface area (Å²) in [6, 6.07) is 12.8. The number of amides is 1. The quantitative estimate of drug-likeness (QED) is 0.555. The Kier molecular flexibility index (Phi) is 4.08. The van der Waals surface area contributed by atoms with Crippen LogP contribution in [0.25, 0.3) is 22.1 Å². The molecule has 1 amide bonds. The first-order valence-electron chi connectivity index (χ1n) is 7.95. The molecule has 0 saturated heterocycles. The van der Waals surface area contributed by atoms with Crippen molar-refractivity contribution in [3.05, 3.63) is 69.2 Å². The number of nitrogens with zero attached hydrogens (tertiary/aromatic N) is 2. The second-order valence-corrected chi connectivity index (χ2v) is 6.82. The first-order chi connectivity index (χ1) is 12.5. The van der Waals surface area contributed by atoms with Gasteiger partial charge in [0.15, 0.2) is 0 Å². The fraction of sp³-hybridized carbons (Fsp3) is 0.105. The van der Waals surface area contributed by atoms with Crippen LogP contribution in [0.2, 0.25) is 0 Å². The minimum Gasteiger partial charge on any atom is -0.448 e. The van der Waals surface area contributed by atoms with Crippen molar-refractivity contribution in [2.45, 2.75) is 13.5 Å². The molecule has 7 heteroatoms. The summed E-state index contributed by atoms with van der Waals surface area (Å²) in [4.78, 5) is 29.2. The van der Waals surface area contributed by atoms with Gasteiger partial charge in [-0.1, -0.05) is 28.1 Å².